The molecule has 0 unspecified atom stereocenters. The molecule has 1 aliphatic rings. The van der Waals surface area contributed by atoms with Crippen LogP contribution in [0.5, 0.6) is 0 Å². The summed E-state index contributed by atoms with van der Waals surface area (Å²) in [6.45, 7) is 4.42. The van der Waals surface area contributed by atoms with Gasteiger partial charge in [0, 0.05) is 13.0 Å². The minimum absolute atomic E-state index is 0.231. The Morgan fingerprint density at radius 3 is 2.58 bits per heavy atom. The van der Waals surface area contributed by atoms with E-state index in [1.54, 1.807) is 7.05 Å². The number of carbonyl (C=O) groups is 1. The average molecular weight is 169 g/mol. The summed E-state index contributed by atoms with van der Waals surface area (Å²) in [6, 6.07) is 0. The third kappa shape index (κ3) is 1.99. The Morgan fingerprint density at radius 2 is 2.00 bits per heavy atom. The predicted octanol–water partition coefficient (Wildman–Crippen LogP) is 1.80. The topological polar surface area (TPSA) is 29.1 Å². The second-order valence-electron chi connectivity index (χ2n) is 4.12. The van der Waals surface area contributed by atoms with E-state index in [9.17, 15) is 4.79 Å². The van der Waals surface area contributed by atoms with Crippen LogP contribution in [0.25, 0.3) is 0 Å². The smallest absolute Gasteiger partial charge is 0.223 e. The van der Waals surface area contributed by atoms with Crippen molar-refractivity contribution in [1.82, 2.24) is 5.32 Å². The highest BCUT2D eigenvalue weighted by Crippen LogP contribution is 2.33. The maximum atomic E-state index is 11.4. The van der Waals surface area contributed by atoms with Crippen molar-refractivity contribution >= 4 is 5.91 Å². The lowest BCUT2D eigenvalue weighted by Gasteiger charge is -2.31. The molecule has 0 radical (unpaired) electrons. The number of hydrogen-bond donors (Lipinski definition) is 1. The fraction of sp³-hybridized carbons (Fsp3) is 0.900. The van der Waals surface area contributed by atoms with Crippen LogP contribution in [0, 0.1) is 17.8 Å². The van der Waals surface area contributed by atoms with Crippen molar-refractivity contribution in [3.8, 4) is 0 Å². The highest BCUT2D eigenvalue weighted by Gasteiger charge is 2.29. The average Bonchev–Trinajstić information content (AvgIpc) is 2.08. The van der Waals surface area contributed by atoms with E-state index < -0.39 is 0 Å². The zero-order valence-electron chi connectivity index (χ0n) is 8.26. The quantitative estimate of drug-likeness (QED) is 0.637. The molecule has 1 rings (SSSR count). The van der Waals surface area contributed by atoms with Crippen molar-refractivity contribution in [2.45, 2.75) is 33.1 Å². The second-order valence-corrected chi connectivity index (χ2v) is 4.12. The first-order chi connectivity index (χ1) is 5.65. The molecule has 2 nitrogen and oxygen atoms in total. The molecule has 70 valence electrons. The highest BCUT2D eigenvalue weighted by atomic mass is 16.1. The Hall–Kier alpha value is -0.530. The van der Waals surface area contributed by atoms with Gasteiger partial charge in [-0.25, -0.2) is 0 Å². The molecule has 3 atom stereocenters. The van der Waals surface area contributed by atoms with Gasteiger partial charge in [-0.3, -0.25) is 4.79 Å². The maximum Gasteiger partial charge on any atom is 0.223 e. The van der Waals surface area contributed by atoms with E-state index in [1.807, 2.05) is 0 Å². The summed E-state index contributed by atoms with van der Waals surface area (Å²) in [4.78, 5) is 11.4. The van der Waals surface area contributed by atoms with Crippen molar-refractivity contribution in [3.05, 3.63) is 0 Å². The van der Waals surface area contributed by atoms with Crippen molar-refractivity contribution < 1.29 is 4.79 Å². The molecule has 0 spiro atoms. The molecule has 0 aromatic heterocycles. The standard InChI is InChI=1S/C10H19NO/c1-7-4-5-8(2)9(6-7)10(12)11-3/h7-9H,4-6H2,1-3H3,(H,11,12)/t7-,8-,9-/m1/s1. The molecular formula is C10H19NO. The Balaban J connectivity index is 2.54. The molecule has 0 aliphatic heterocycles. The zero-order valence-corrected chi connectivity index (χ0v) is 8.26. The first-order valence-corrected chi connectivity index (χ1v) is 4.86. The molecule has 1 fully saturated rings. The molecule has 1 aliphatic carbocycles. The number of nitrogens with one attached hydrogen (secondary N) is 1. The SMILES string of the molecule is CNC(=O)[C@@H]1C[C@H](C)CC[C@H]1C. The summed E-state index contributed by atoms with van der Waals surface area (Å²) in [5.41, 5.74) is 0. The lowest BCUT2D eigenvalue weighted by Crippen LogP contribution is -2.35. The first kappa shape index (κ1) is 9.56. The van der Waals surface area contributed by atoms with Crippen LogP contribution in [-0.4, -0.2) is 13.0 Å². The van der Waals surface area contributed by atoms with E-state index in [-0.39, 0.29) is 11.8 Å². The summed E-state index contributed by atoms with van der Waals surface area (Å²) < 4.78 is 0. The van der Waals surface area contributed by atoms with Gasteiger partial charge in [-0.1, -0.05) is 20.3 Å². The summed E-state index contributed by atoms with van der Waals surface area (Å²) in [5.74, 6) is 1.79. The van der Waals surface area contributed by atoms with Gasteiger partial charge >= 0.3 is 0 Å². The van der Waals surface area contributed by atoms with Crippen LogP contribution < -0.4 is 5.32 Å². The van der Waals surface area contributed by atoms with Gasteiger partial charge in [0.25, 0.3) is 0 Å². The summed E-state index contributed by atoms with van der Waals surface area (Å²) in [7, 11) is 1.73. The van der Waals surface area contributed by atoms with E-state index in [0.29, 0.717) is 5.92 Å². The molecule has 0 heterocycles. The number of rotatable bonds is 1. The van der Waals surface area contributed by atoms with Crippen molar-refractivity contribution in [3.63, 3.8) is 0 Å². The van der Waals surface area contributed by atoms with E-state index >= 15 is 0 Å². The monoisotopic (exact) mass is 169 g/mol. The molecule has 1 amide bonds. The van der Waals surface area contributed by atoms with Gasteiger partial charge in [0.1, 0.15) is 0 Å². The molecule has 1 N–H and O–H groups in total. The first-order valence-electron chi connectivity index (χ1n) is 4.86. The second kappa shape index (κ2) is 3.92. The largest absolute Gasteiger partial charge is 0.359 e. The zero-order chi connectivity index (χ0) is 9.14. The van der Waals surface area contributed by atoms with Crippen LogP contribution in [0.15, 0.2) is 0 Å². The Kier molecular flexibility index (Phi) is 3.12. The Bertz CT molecular complexity index is 167. The molecule has 2 heteroatoms. The van der Waals surface area contributed by atoms with Crippen LogP contribution in [0.2, 0.25) is 0 Å². The van der Waals surface area contributed by atoms with Gasteiger partial charge in [0.05, 0.1) is 0 Å². The molecular weight excluding hydrogens is 150 g/mol. The van der Waals surface area contributed by atoms with Crippen molar-refractivity contribution in [1.29, 1.82) is 0 Å². The third-order valence-electron chi connectivity index (χ3n) is 3.04. The van der Waals surface area contributed by atoms with Crippen LogP contribution >= 0.6 is 0 Å². The van der Waals surface area contributed by atoms with Gasteiger partial charge in [-0.05, 0) is 24.7 Å². The Labute approximate surface area is 74.7 Å². The van der Waals surface area contributed by atoms with Gasteiger partial charge in [-0.2, -0.15) is 0 Å². The lowest BCUT2D eigenvalue weighted by atomic mass is 9.75. The van der Waals surface area contributed by atoms with Crippen LogP contribution in [0.1, 0.15) is 33.1 Å². The van der Waals surface area contributed by atoms with Gasteiger partial charge in [-0.15, -0.1) is 0 Å². The minimum atomic E-state index is 0.231. The van der Waals surface area contributed by atoms with Crippen molar-refractivity contribution in [2.75, 3.05) is 7.05 Å². The Morgan fingerprint density at radius 1 is 1.33 bits per heavy atom. The van der Waals surface area contributed by atoms with Crippen molar-refractivity contribution in [2.24, 2.45) is 17.8 Å². The van der Waals surface area contributed by atoms with E-state index in [4.69, 9.17) is 0 Å². The lowest BCUT2D eigenvalue weighted by molar-refractivity contribution is -0.127. The van der Waals surface area contributed by atoms with E-state index in [1.165, 1.54) is 12.8 Å². The normalized spacial score (nSPS) is 36.1. The number of carbonyl (C=O) groups excluding carboxylic acids is 1. The predicted molar refractivity (Wildman–Crippen MR) is 49.7 cm³/mol. The fourth-order valence-electron chi connectivity index (χ4n) is 2.08. The number of hydrogen-bond acceptors (Lipinski definition) is 1. The van der Waals surface area contributed by atoms with Gasteiger partial charge < -0.3 is 5.32 Å². The van der Waals surface area contributed by atoms with Gasteiger partial charge in [0.2, 0.25) is 5.91 Å². The van der Waals surface area contributed by atoms with E-state index in [0.717, 1.165) is 12.3 Å². The number of amides is 1. The third-order valence-corrected chi connectivity index (χ3v) is 3.04. The van der Waals surface area contributed by atoms with Crippen LogP contribution in [0.4, 0.5) is 0 Å². The minimum Gasteiger partial charge on any atom is -0.359 e. The summed E-state index contributed by atoms with van der Waals surface area (Å²) in [5, 5.41) is 2.75. The highest BCUT2D eigenvalue weighted by molar-refractivity contribution is 5.78. The molecule has 0 aromatic carbocycles. The maximum absolute atomic E-state index is 11.4. The summed E-state index contributed by atoms with van der Waals surface area (Å²) >= 11 is 0. The van der Waals surface area contributed by atoms with Crippen LogP contribution in [-0.2, 0) is 4.79 Å². The molecule has 12 heavy (non-hydrogen) atoms. The summed E-state index contributed by atoms with van der Waals surface area (Å²) in [6.07, 6.45) is 3.56. The molecule has 0 aromatic rings. The van der Waals surface area contributed by atoms with E-state index in [2.05, 4.69) is 19.2 Å². The van der Waals surface area contributed by atoms with Crippen LogP contribution in [0.3, 0.4) is 0 Å². The molecule has 1 saturated carbocycles. The molecule has 0 bridgehead atoms. The van der Waals surface area contributed by atoms with Gasteiger partial charge in [0.15, 0.2) is 0 Å². The molecule has 0 saturated heterocycles. The fourth-order valence-corrected chi connectivity index (χ4v) is 2.08.